The molecule has 12 heavy (non-hydrogen) atoms. The lowest BCUT2D eigenvalue weighted by molar-refractivity contribution is 0.0927. The van der Waals surface area contributed by atoms with Crippen molar-refractivity contribution < 1.29 is 5.11 Å². The lowest BCUT2D eigenvalue weighted by Gasteiger charge is -2.34. The minimum absolute atomic E-state index is 0.0341. The van der Waals surface area contributed by atoms with Crippen molar-refractivity contribution in [1.82, 2.24) is 0 Å². The molecule has 1 aliphatic carbocycles. The van der Waals surface area contributed by atoms with Crippen LogP contribution in [0.1, 0.15) is 33.6 Å². The summed E-state index contributed by atoms with van der Waals surface area (Å²) in [4.78, 5) is 0. The van der Waals surface area contributed by atoms with Gasteiger partial charge in [-0.3, -0.25) is 0 Å². The fourth-order valence-electron chi connectivity index (χ4n) is 1.88. The Hall–Kier alpha value is -0.560. The van der Waals surface area contributed by atoms with Crippen LogP contribution < -0.4 is 0 Å². The monoisotopic (exact) mass is 166 g/mol. The van der Waals surface area contributed by atoms with E-state index in [9.17, 15) is 5.11 Å². The topological polar surface area (TPSA) is 20.2 Å². The second-order valence-electron chi connectivity index (χ2n) is 3.93. The summed E-state index contributed by atoms with van der Waals surface area (Å²) >= 11 is 0. The van der Waals surface area contributed by atoms with E-state index in [0.717, 1.165) is 18.4 Å². The summed E-state index contributed by atoms with van der Waals surface area (Å²) in [5, 5.41) is 9.91. The Morgan fingerprint density at radius 3 is 2.83 bits per heavy atom. The van der Waals surface area contributed by atoms with Gasteiger partial charge in [0.2, 0.25) is 0 Å². The molecule has 1 nitrogen and oxygen atoms in total. The predicted octanol–water partition coefficient (Wildman–Crippen LogP) is 2.67. The van der Waals surface area contributed by atoms with Crippen LogP contribution in [0.4, 0.5) is 0 Å². The van der Waals surface area contributed by atoms with Crippen LogP contribution in [0.2, 0.25) is 0 Å². The maximum Gasteiger partial charge on any atom is 0.0838 e. The van der Waals surface area contributed by atoms with Crippen LogP contribution in [0, 0.1) is 5.41 Å². The largest absolute Gasteiger partial charge is 0.388 e. The third kappa shape index (κ3) is 1.61. The van der Waals surface area contributed by atoms with Gasteiger partial charge in [0, 0.05) is 5.41 Å². The van der Waals surface area contributed by atoms with Crippen molar-refractivity contribution in [2.75, 3.05) is 0 Å². The van der Waals surface area contributed by atoms with Crippen molar-refractivity contribution in [3.05, 3.63) is 23.8 Å². The summed E-state index contributed by atoms with van der Waals surface area (Å²) in [7, 11) is 0. The molecule has 68 valence electrons. The minimum atomic E-state index is -0.289. The summed E-state index contributed by atoms with van der Waals surface area (Å²) in [6.07, 6.45) is 8.04. The smallest absolute Gasteiger partial charge is 0.0838 e. The van der Waals surface area contributed by atoms with Gasteiger partial charge in [0.25, 0.3) is 0 Å². The third-order valence-corrected chi connectivity index (χ3v) is 2.68. The van der Waals surface area contributed by atoms with Gasteiger partial charge in [-0.2, -0.15) is 0 Å². The quantitative estimate of drug-likeness (QED) is 0.668. The van der Waals surface area contributed by atoms with Gasteiger partial charge in [-0.25, -0.2) is 0 Å². The molecular weight excluding hydrogens is 148 g/mol. The Kier molecular flexibility index (Phi) is 2.73. The molecule has 0 aliphatic heterocycles. The van der Waals surface area contributed by atoms with E-state index < -0.39 is 0 Å². The van der Waals surface area contributed by atoms with Gasteiger partial charge in [-0.05, 0) is 18.9 Å². The minimum Gasteiger partial charge on any atom is -0.388 e. The fraction of sp³-hybridized carbons (Fsp3) is 0.636. The maximum absolute atomic E-state index is 9.91. The average Bonchev–Trinajstić information content (AvgIpc) is 2.01. The molecule has 0 aromatic rings. The van der Waals surface area contributed by atoms with Crippen molar-refractivity contribution in [3.63, 3.8) is 0 Å². The van der Waals surface area contributed by atoms with Crippen molar-refractivity contribution in [1.29, 1.82) is 0 Å². The highest BCUT2D eigenvalue weighted by Gasteiger charge is 2.31. The average molecular weight is 166 g/mol. The molecule has 2 atom stereocenters. The fourth-order valence-corrected chi connectivity index (χ4v) is 1.88. The van der Waals surface area contributed by atoms with Gasteiger partial charge < -0.3 is 5.11 Å². The van der Waals surface area contributed by atoms with Gasteiger partial charge in [0.05, 0.1) is 6.10 Å². The van der Waals surface area contributed by atoms with Crippen LogP contribution >= 0.6 is 0 Å². The van der Waals surface area contributed by atoms with Crippen LogP contribution in [0.15, 0.2) is 23.8 Å². The van der Waals surface area contributed by atoms with Crippen LogP contribution in [0.5, 0.6) is 0 Å². The molecule has 0 saturated carbocycles. The first kappa shape index (κ1) is 9.53. The van der Waals surface area contributed by atoms with Gasteiger partial charge in [0.15, 0.2) is 0 Å². The molecule has 1 heteroatoms. The van der Waals surface area contributed by atoms with Gasteiger partial charge in [0.1, 0.15) is 0 Å². The Morgan fingerprint density at radius 2 is 2.25 bits per heavy atom. The maximum atomic E-state index is 9.91. The summed E-state index contributed by atoms with van der Waals surface area (Å²) in [6.45, 7) is 6.26. The molecule has 0 amide bonds. The lowest BCUT2D eigenvalue weighted by Crippen LogP contribution is -2.32. The second kappa shape index (κ2) is 3.44. The van der Waals surface area contributed by atoms with Crippen LogP contribution in [-0.2, 0) is 0 Å². The van der Waals surface area contributed by atoms with E-state index in [1.807, 2.05) is 13.0 Å². The molecule has 1 rings (SSSR count). The zero-order valence-corrected chi connectivity index (χ0v) is 8.17. The van der Waals surface area contributed by atoms with E-state index in [-0.39, 0.29) is 11.5 Å². The molecule has 0 bridgehead atoms. The molecule has 1 N–H and O–H groups in total. The molecule has 0 radical (unpaired) electrons. The Morgan fingerprint density at radius 1 is 1.58 bits per heavy atom. The summed E-state index contributed by atoms with van der Waals surface area (Å²) < 4.78 is 0. The molecule has 0 heterocycles. The van der Waals surface area contributed by atoms with Gasteiger partial charge in [-0.1, -0.05) is 38.5 Å². The molecule has 1 aliphatic rings. The Balaban J connectivity index is 2.80. The number of hydrogen-bond donors (Lipinski definition) is 1. The van der Waals surface area contributed by atoms with Crippen molar-refractivity contribution in [2.24, 2.45) is 5.41 Å². The molecule has 0 aromatic heterocycles. The normalized spacial score (nSPS) is 35.0. The standard InChI is InChI=1S/C11H18O/c1-4-7-11(3)8-5-6-9(2)10(11)12/h5-6,8,10,12H,4,7H2,1-3H3. The molecule has 0 saturated heterocycles. The van der Waals surface area contributed by atoms with E-state index >= 15 is 0 Å². The molecule has 2 unspecified atom stereocenters. The zero-order valence-electron chi connectivity index (χ0n) is 8.17. The van der Waals surface area contributed by atoms with Crippen molar-refractivity contribution >= 4 is 0 Å². The van der Waals surface area contributed by atoms with E-state index in [4.69, 9.17) is 0 Å². The number of aliphatic hydroxyl groups is 1. The van der Waals surface area contributed by atoms with Gasteiger partial charge in [-0.15, -0.1) is 0 Å². The van der Waals surface area contributed by atoms with E-state index in [0.29, 0.717) is 0 Å². The Bertz CT molecular complexity index is 215. The highest BCUT2D eigenvalue weighted by atomic mass is 16.3. The SMILES string of the molecule is CCCC1(C)C=CC=C(C)C1O. The predicted molar refractivity (Wildman–Crippen MR) is 51.9 cm³/mol. The number of hydrogen-bond acceptors (Lipinski definition) is 1. The Labute approximate surface area is 74.8 Å². The number of aliphatic hydroxyl groups excluding tert-OH is 1. The van der Waals surface area contributed by atoms with E-state index in [1.54, 1.807) is 0 Å². The first-order valence-electron chi connectivity index (χ1n) is 4.64. The number of allylic oxidation sites excluding steroid dienone is 2. The first-order valence-corrected chi connectivity index (χ1v) is 4.64. The lowest BCUT2D eigenvalue weighted by atomic mass is 9.75. The van der Waals surface area contributed by atoms with Crippen LogP contribution in [-0.4, -0.2) is 11.2 Å². The summed E-state index contributed by atoms with van der Waals surface area (Å²) in [6, 6.07) is 0. The van der Waals surface area contributed by atoms with Gasteiger partial charge >= 0.3 is 0 Å². The van der Waals surface area contributed by atoms with E-state index in [2.05, 4.69) is 26.0 Å². The van der Waals surface area contributed by atoms with E-state index in [1.165, 1.54) is 0 Å². The first-order chi connectivity index (χ1) is 5.60. The summed E-state index contributed by atoms with van der Waals surface area (Å²) in [5.74, 6) is 0. The number of rotatable bonds is 2. The molecule has 0 fully saturated rings. The third-order valence-electron chi connectivity index (χ3n) is 2.68. The second-order valence-corrected chi connectivity index (χ2v) is 3.93. The van der Waals surface area contributed by atoms with Crippen LogP contribution in [0.25, 0.3) is 0 Å². The highest BCUT2D eigenvalue weighted by Crippen LogP contribution is 2.35. The van der Waals surface area contributed by atoms with Crippen LogP contribution in [0.3, 0.4) is 0 Å². The van der Waals surface area contributed by atoms with Crippen molar-refractivity contribution in [2.45, 2.75) is 39.7 Å². The molecular formula is C11H18O. The molecule has 0 aromatic carbocycles. The highest BCUT2D eigenvalue weighted by molar-refractivity contribution is 5.26. The molecule has 0 spiro atoms. The zero-order chi connectivity index (χ0) is 9.19. The van der Waals surface area contributed by atoms with Crippen molar-refractivity contribution in [3.8, 4) is 0 Å². The summed E-state index contributed by atoms with van der Waals surface area (Å²) in [5.41, 5.74) is 1.04.